The summed E-state index contributed by atoms with van der Waals surface area (Å²) in [4.78, 5) is 14.8. The summed E-state index contributed by atoms with van der Waals surface area (Å²) in [7, 11) is 0. The zero-order valence-corrected chi connectivity index (χ0v) is 31.2. The Morgan fingerprint density at radius 2 is 1.28 bits per heavy atom. The number of aryl methyl sites for hydroxylation is 2. The molecule has 7 aromatic rings. The summed E-state index contributed by atoms with van der Waals surface area (Å²) >= 11 is 0. The van der Waals surface area contributed by atoms with E-state index in [0.29, 0.717) is 5.92 Å². The van der Waals surface area contributed by atoms with Crippen LogP contribution in [-0.4, -0.2) is 9.97 Å². The van der Waals surface area contributed by atoms with Gasteiger partial charge in [0.05, 0.1) is 17.1 Å². The van der Waals surface area contributed by atoms with Crippen LogP contribution >= 0.6 is 0 Å². The van der Waals surface area contributed by atoms with Gasteiger partial charge in [-0.3, -0.25) is 9.80 Å². The van der Waals surface area contributed by atoms with Crippen molar-refractivity contribution in [2.75, 3.05) is 9.80 Å². The molecule has 4 heteroatoms. The molecule has 3 aliphatic carbocycles. The van der Waals surface area contributed by atoms with E-state index in [1.54, 1.807) is 0 Å². The molecule has 0 amide bonds. The van der Waals surface area contributed by atoms with Crippen molar-refractivity contribution in [3.05, 3.63) is 180 Å². The van der Waals surface area contributed by atoms with Crippen LogP contribution in [0.5, 0.6) is 0 Å². The molecule has 0 fully saturated rings. The predicted octanol–water partition coefficient (Wildman–Crippen LogP) is 13.3. The van der Waals surface area contributed by atoms with Crippen molar-refractivity contribution < 1.29 is 0 Å². The Balaban J connectivity index is 1.27. The highest BCUT2D eigenvalue weighted by molar-refractivity contribution is 6.29. The second-order valence-electron chi connectivity index (χ2n) is 15.4. The Bertz CT molecular complexity index is 2750. The molecule has 0 saturated heterocycles. The number of hydrogen-bond acceptors (Lipinski definition) is 4. The van der Waals surface area contributed by atoms with Crippen LogP contribution in [0.15, 0.2) is 158 Å². The second kappa shape index (κ2) is 12.4. The van der Waals surface area contributed by atoms with Gasteiger partial charge < -0.3 is 0 Å². The van der Waals surface area contributed by atoms with Gasteiger partial charge in [-0.05, 0) is 119 Å². The summed E-state index contributed by atoms with van der Waals surface area (Å²) in [6, 6.07) is 33.3. The zero-order valence-electron chi connectivity index (χ0n) is 31.2. The lowest BCUT2D eigenvalue weighted by Crippen LogP contribution is -2.34. The number of rotatable bonds is 6. The van der Waals surface area contributed by atoms with E-state index in [2.05, 4.69) is 171 Å². The Morgan fingerprint density at radius 3 is 1.94 bits per heavy atom. The van der Waals surface area contributed by atoms with Gasteiger partial charge in [-0.2, -0.15) is 0 Å². The normalized spacial score (nSPS) is 20.0. The smallest absolute Gasteiger partial charge is 0.137 e. The number of nitrogens with zero attached hydrogens (tertiary/aromatic N) is 4. The highest BCUT2D eigenvalue weighted by Crippen LogP contribution is 2.52. The van der Waals surface area contributed by atoms with Gasteiger partial charge in [0.2, 0.25) is 0 Å². The van der Waals surface area contributed by atoms with E-state index >= 15 is 0 Å². The van der Waals surface area contributed by atoms with Gasteiger partial charge in [0.15, 0.2) is 0 Å². The molecule has 0 spiro atoms. The number of anilines is 5. The fourth-order valence-electron chi connectivity index (χ4n) is 9.38. The number of allylic oxidation sites excluding steroid dienone is 8. The predicted molar refractivity (Wildman–Crippen MR) is 228 cm³/mol. The quantitative estimate of drug-likeness (QED) is 0.162. The Morgan fingerprint density at radius 1 is 0.648 bits per heavy atom. The average Bonchev–Trinajstić information content (AvgIpc) is 3.20. The van der Waals surface area contributed by atoms with Crippen LogP contribution < -0.4 is 9.80 Å². The third-order valence-corrected chi connectivity index (χ3v) is 12.0. The minimum Gasteiger partial charge on any atom is -0.298 e. The molecule has 0 bridgehead atoms. The maximum Gasteiger partial charge on any atom is 0.137 e. The van der Waals surface area contributed by atoms with Crippen LogP contribution in [-0.2, 0) is 0 Å². The van der Waals surface area contributed by atoms with Gasteiger partial charge in [-0.15, -0.1) is 0 Å². The Hall–Kier alpha value is -6.26. The summed E-state index contributed by atoms with van der Waals surface area (Å²) in [6.45, 7) is 9.18. The summed E-state index contributed by atoms with van der Waals surface area (Å²) in [5.41, 5.74) is 9.68. The van der Waals surface area contributed by atoms with E-state index < -0.39 is 0 Å². The number of fused-ring (bicyclic) bond motifs is 2. The lowest BCUT2D eigenvalue weighted by atomic mass is 9.70. The molecule has 262 valence electrons. The third kappa shape index (κ3) is 4.90. The summed E-state index contributed by atoms with van der Waals surface area (Å²) < 4.78 is 0. The van der Waals surface area contributed by atoms with Crippen LogP contribution in [0, 0.1) is 25.2 Å². The summed E-state index contributed by atoms with van der Waals surface area (Å²) in [6.07, 6.45) is 25.3. The minimum absolute atomic E-state index is 0.129. The van der Waals surface area contributed by atoms with Gasteiger partial charge in [0.25, 0.3) is 0 Å². The van der Waals surface area contributed by atoms with Gasteiger partial charge in [-0.1, -0.05) is 111 Å². The van der Waals surface area contributed by atoms with Crippen molar-refractivity contribution in [3.8, 4) is 0 Å². The fraction of sp³-hybridized carbons (Fsp3) is 0.160. The van der Waals surface area contributed by atoms with Crippen LogP contribution in [0.4, 0.5) is 28.7 Å². The van der Waals surface area contributed by atoms with Gasteiger partial charge in [0.1, 0.15) is 11.6 Å². The fourth-order valence-corrected chi connectivity index (χ4v) is 9.38. The molecule has 3 unspecified atom stereocenters. The highest BCUT2D eigenvalue weighted by Gasteiger charge is 2.37. The minimum atomic E-state index is -0.129. The maximum absolute atomic E-state index is 4.99. The zero-order chi connectivity index (χ0) is 36.6. The molecule has 3 atom stereocenters. The molecular formula is C50H42N4. The molecule has 10 rings (SSSR count). The molecule has 0 aliphatic heterocycles. The molecule has 2 aromatic heterocycles. The van der Waals surface area contributed by atoms with Crippen LogP contribution in [0.25, 0.3) is 38.4 Å². The molecule has 0 saturated carbocycles. The molecule has 4 nitrogen and oxygen atoms in total. The second-order valence-corrected chi connectivity index (χ2v) is 15.4. The monoisotopic (exact) mass is 698 g/mol. The van der Waals surface area contributed by atoms with E-state index in [0.717, 1.165) is 29.4 Å². The van der Waals surface area contributed by atoms with E-state index in [9.17, 15) is 0 Å². The molecule has 54 heavy (non-hydrogen) atoms. The largest absolute Gasteiger partial charge is 0.298 e. The molecule has 5 aromatic carbocycles. The molecule has 0 N–H and O–H groups in total. The Kier molecular flexibility index (Phi) is 7.45. The topological polar surface area (TPSA) is 32.3 Å². The molecular weight excluding hydrogens is 657 g/mol. The Labute approximate surface area is 317 Å². The van der Waals surface area contributed by atoms with Gasteiger partial charge in [0, 0.05) is 40.2 Å². The number of hydrogen-bond donors (Lipinski definition) is 0. The number of pyridine rings is 2. The van der Waals surface area contributed by atoms with Crippen LogP contribution in [0.1, 0.15) is 48.4 Å². The van der Waals surface area contributed by atoms with Crippen molar-refractivity contribution in [1.29, 1.82) is 0 Å². The van der Waals surface area contributed by atoms with E-state index in [-0.39, 0.29) is 11.3 Å². The molecule has 0 radical (unpaired) electrons. The standard InChI is InChI=1S/C50H42N4/c1-32-14-11-15-35-16-12-18-42(47(32)35)54(46-21-7-10-29-52-46)44-31-34(3)37-22-24-38-43(30-33(2)36-23-25-39(44)49(37)48(36)38)53(45-20-6-9-28-51-45)41-19-13-27-50(4)26-8-5-17-40(41)50/h5-13,15-32,40H,14H2,1-4H3. The highest BCUT2D eigenvalue weighted by atomic mass is 15.2. The number of benzene rings is 5. The third-order valence-electron chi connectivity index (χ3n) is 12.0. The van der Waals surface area contributed by atoms with E-state index in [4.69, 9.17) is 9.97 Å². The van der Waals surface area contributed by atoms with Gasteiger partial charge in [-0.25, -0.2) is 9.97 Å². The van der Waals surface area contributed by atoms with E-state index in [1.165, 1.54) is 66.0 Å². The first-order chi connectivity index (χ1) is 26.4. The summed E-state index contributed by atoms with van der Waals surface area (Å²) in [5.74, 6) is 2.36. The van der Waals surface area contributed by atoms with E-state index in [1.807, 2.05) is 24.5 Å². The molecule has 2 heterocycles. The lowest BCUT2D eigenvalue weighted by Gasteiger charge is -2.41. The van der Waals surface area contributed by atoms with Crippen LogP contribution in [0.2, 0.25) is 0 Å². The van der Waals surface area contributed by atoms with Crippen molar-refractivity contribution in [3.63, 3.8) is 0 Å². The van der Waals surface area contributed by atoms with Gasteiger partial charge >= 0.3 is 0 Å². The lowest BCUT2D eigenvalue weighted by molar-refractivity contribution is 0.428. The van der Waals surface area contributed by atoms with Crippen LogP contribution in [0.3, 0.4) is 0 Å². The van der Waals surface area contributed by atoms with Crippen molar-refractivity contribution in [2.45, 2.75) is 40.0 Å². The summed E-state index contributed by atoms with van der Waals surface area (Å²) in [5, 5.41) is 7.54. The maximum atomic E-state index is 4.99. The molecule has 3 aliphatic rings. The number of aromatic nitrogens is 2. The van der Waals surface area contributed by atoms with Crippen molar-refractivity contribution >= 4 is 67.1 Å². The SMILES string of the molecule is Cc1cc(N(C2=CC=CC3(C)C=CC=CC23)c2ccccn2)c2ccc3c(C)cc(N(c4ccccn4)c4cccc5c4C(C)CC=C5)c4ccc1c2c34. The first kappa shape index (κ1) is 32.4. The average molecular weight is 699 g/mol. The first-order valence-electron chi connectivity index (χ1n) is 19.1. The van der Waals surface area contributed by atoms with Crippen molar-refractivity contribution in [2.24, 2.45) is 11.3 Å². The first-order valence-corrected chi connectivity index (χ1v) is 19.1. The van der Waals surface area contributed by atoms with Crippen molar-refractivity contribution in [1.82, 2.24) is 9.97 Å².